The van der Waals surface area contributed by atoms with Crippen molar-refractivity contribution in [3.05, 3.63) is 180 Å². The summed E-state index contributed by atoms with van der Waals surface area (Å²) >= 11 is 0. The molecular weight excluding hydrogens is 1260 g/mol. The number of ether oxygens (including phenoxy) is 8. The van der Waals surface area contributed by atoms with Gasteiger partial charge in [0, 0.05) is 63.5 Å². The number of halogens is 12. The lowest BCUT2D eigenvalue weighted by atomic mass is 9.92. The molecule has 0 bridgehead atoms. The van der Waals surface area contributed by atoms with Crippen LogP contribution in [-0.2, 0) is 79.5 Å². The molecule has 0 N–H and O–H groups in total. The van der Waals surface area contributed by atoms with E-state index in [0.29, 0.717) is 92.6 Å². The summed E-state index contributed by atoms with van der Waals surface area (Å²) in [6.07, 6.45) is -5.78. The molecule has 4 rings (SSSR count). The minimum atomic E-state index is -5.46. The zero-order valence-electron chi connectivity index (χ0n) is 51.4. The predicted molar refractivity (Wildman–Crippen MR) is 320 cm³/mol. The van der Waals surface area contributed by atoms with Crippen LogP contribution in [0.1, 0.15) is 99.3 Å². The molecule has 8 atom stereocenters. The molecule has 4 aromatic carbocycles. The Labute approximate surface area is 537 Å². The Morgan fingerprint density at radius 1 is 0.362 bits per heavy atom. The van der Waals surface area contributed by atoms with Crippen LogP contribution >= 0.6 is 0 Å². The Balaban J connectivity index is 1.54. The van der Waals surface area contributed by atoms with Gasteiger partial charge in [-0.2, -0.15) is 52.7 Å². The highest BCUT2D eigenvalue weighted by Crippen LogP contribution is 2.47. The summed E-state index contributed by atoms with van der Waals surface area (Å²) in [5.41, 5.74) is -16.8. The number of benzene rings is 4. The maximum absolute atomic E-state index is 15.1. The number of allylic oxidation sites excluding steroid dienone is 2. The van der Waals surface area contributed by atoms with Gasteiger partial charge < -0.3 is 37.9 Å². The van der Waals surface area contributed by atoms with E-state index in [1.54, 1.807) is 0 Å². The van der Waals surface area contributed by atoms with Crippen LogP contribution in [0.3, 0.4) is 0 Å². The summed E-state index contributed by atoms with van der Waals surface area (Å²) in [5, 5.41) is 0. The number of esters is 4. The van der Waals surface area contributed by atoms with E-state index in [9.17, 15) is 45.5 Å². The van der Waals surface area contributed by atoms with Crippen LogP contribution in [0.4, 0.5) is 52.7 Å². The first-order valence-corrected chi connectivity index (χ1v) is 29.0. The highest BCUT2D eigenvalue weighted by atomic mass is 19.4. The van der Waals surface area contributed by atoms with Gasteiger partial charge in [0.15, 0.2) is 24.4 Å². The average Bonchev–Trinajstić information content (AvgIpc) is 0.787. The first kappa shape index (κ1) is 77.7. The van der Waals surface area contributed by atoms with Gasteiger partial charge in [0.2, 0.25) is 0 Å². The fourth-order valence-electron chi connectivity index (χ4n) is 9.48. The third kappa shape index (κ3) is 19.4. The zero-order chi connectivity index (χ0) is 69.7. The fourth-order valence-corrected chi connectivity index (χ4v) is 9.48. The number of alkyl halides is 12. The first-order valence-electron chi connectivity index (χ1n) is 29.0. The molecular formula is C70H68F12O12. The molecule has 4 aromatic rings. The molecule has 0 aliphatic heterocycles. The third-order valence-electron chi connectivity index (χ3n) is 14.4. The molecule has 0 fully saturated rings. The van der Waals surface area contributed by atoms with Gasteiger partial charge in [-0.15, -0.1) is 12.8 Å². The second-order valence-corrected chi connectivity index (χ2v) is 20.4. The topological polar surface area (TPSA) is 142 Å². The molecule has 0 saturated heterocycles. The average molecular weight is 1330 g/mol. The van der Waals surface area contributed by atoms with Crippen molar-refractivity contribution in [3.63, 3.8) is 0 Å². The number of hydrogen-bond donors (Lipinski definition) is 0. The van der Waals surface area contributed by atoms with Crippen LogP contribution in [0.2, 0.25) is 0 Å². The van der Waals surface area contributed by atoms with E-state index in [1.165, 1.54) is 97.1 Å². The highest BCUT2D eigenvalue weighted by Gasteiger charge is 2.67. The van der Waals surface area contributed by atoms with Gasteiger partial charge in [0.25, 0.3) is 22.4 Å². The molecule has 0 aliphatic rings. The summed E-state index contributed by atoms with van der Waals surface area (Å²) in [6.45, 7) is 0. The van der Waals surface area contributed by atoms with Gasteiger partial charge >= 0.3 is 48.6 Å². The standard InChI is InChI=1S/C70H68F12O12/c1-7-55(91-59(83)63(87-3,67(71,72)73)51-37-25-21-26-38-51)45-33-17-13-9-11-15-19-35-47-57(93-61(85)65(89-5,69(77,78)79)53-41-29-23-30-42-53)49-50-58(94-62(86)66(90-6,70(80,81)82)54-43-31-24-32-44-54)48-36-20-16-12-10-14-18-34-46-56(8-2)92-60(84)64(88-4,68(74,75)76)52-39-27-22-28-40-52/h1-2,21-34,37-46,49-50,55-58H,9-20H2,3-6H3/b45-33+,46-34+,50-49-/t55-,56-,57-,58-,63-,64-,65-,66-/m1/s1. The summed E-state index contributed by atoms with van der Waals surface area (Å²) in [5.74, 6) is 7.15. The van der Waals surface area contributed by atoms with Gasteiger partial charge in [0.1, 0.15) is 0 Å². The van der Waals surface area contributed by atoms with Gasteiger partial charge in [-0.3, -0.25) is 0 Å². The Hall–Kier alpha value is -8.78. The summed E-state index contributed by atoms with van der Waals surface area (Å²) in [6, 6.07) is 23.7. The number of carbonyl (C=O) groups is 4. The minimum Gasteiger partial charge on any atom is -0.442 e. The Bertz CT molecular complexity index is 3150. The number of terminal acetylenes is 2. The Morgan fingerprint density at radius 2 is 0.596 bits per heavy atom. The lowest BCUT2D eigenvalue weighted by Gasteiger charge is -2.33. The van der Waals surface area contributed by atoms with Crippen LogP contribution < -0.4 is 0 Å². The summed E-state index contributed by atoms with van der Waals surface area (Å²) < 4.78 is 217. The van der Waals surface area contributed by atoms with Crippen molar-refractivity contribution in [2.75, 3.05) is 28.4 Å². The molecule has 0 heterocycles. The molecule has 0 amide bonds. The molecule has 0 aromatic heterocycles. The number of hydrogen-bond acceptors (Lipinski definition) is 12. The van der Waals surface area contributed by atoms with Crippen LogP contribution in [-0.4, -0.2) is 101 Å². The highest BCUT2D eigenvalue weighted by molar-refractivity contribution is 5.85. The van der Waals surface area contributed by atoms with Crippen molar-refractivity contribution in [3.8, 4) is 48.4 Å². The van der Waals surface area contributed by atoms with Crippen LogP contribution in [0.25, 0.3) is 0 Å². The van der Waals surface area contributed by atoms with E-state index in [4.69, 9.17) is 50.7 Å². The number of methoxy groups -OCH3 is 4. The minimum absolute atomic E-state index is 0.0342. The largest absolute Gasteiger partial charge is 0.442 e. The van der Waals surface area contributed by atoms with Gasteiger partial charge in [-0.05, 0) is 62.8 Å². The molecule has 504 valence electrons. The molecule has 24 heteroatoms. The Kier molecular flexibility index (Phi) is 29.8. The van der Waals surface area contributed by atoms with E-state index in [1.807, 2.05) is 0 Å². The molecule has 94 heavy (non-hydrogen) atoms. The second-order valence-electron chi connectivity index (χ2n) is 20.4. The van der Waals surface area contributed by atoms with E-state index >= 15 is 26.3 Å². The van der Waals surface area contributed by atoms with Crippen molar-refractivity contribution in [2.24, 2.45) is 0 Å². The van der Waals surface area contributed by atoms with E-state index in [0.717, 1.165) is 60.7 Å². The maximum Gasteiger partial charge on any atom is 0.432 e. The zero-order valence-corrected chi connectivity index (χ0v) is 51.4. The van der Waals surface area contributed by atoms with Gasteiger partial charge in [-0.1, -0.05) is 195 Å². The van der Waals surface area contributed by atoms with E-state index in [2.05, 4.69) is 35.5 Å². The second kappa shape index (κ2) is 36.0. The molecule has 0 spiro atoms. The van der Waals surface area contributed by atoms with Crippen LogP contribution in [0.5, 0.6) is 0 Å². The lowest BCUT2D eigenvalue weighted by Crippen LogP contribution is -2.52. The molecule has 0 saturated carbocycles. The van der Waals surface area contributed by atoms with E-state index in [-0.39, 0.29) is 12.8 Å². The molecule has 0 radical (unpaired) electrons. The van der Waals surface area contributed by atoms with Crippen LogP contribution in [0, 0.1) is 48.4 Å². The number of unbranched alkanes of at least 4 members (excludes halogenated alkanes) is 10. The smallest absolute Gasteiger partial charge is 0.432 e. The fraction of sp³-hybridized carbons (Fsp3) is 0.400. The predicted octanol–water partition coefficient (Wildman–Crippen LogP) is 14.7. The molecule has 0 aliphatic carbocycles. The third-order valence-corrected chi connectivity index (χ3v) is 14.4. The van der Waals surface area contributed by atoms with Crippen molar-refractivity contribution in [1.29, 1.82) is 0 Å². The molecule has 0 unspecified atom stereocenters. The Morgan fingerprint density at radius 3 is 0.819 bits per heavy atom. The SMILES string of the molecule is C#C[C@H](/C=C/CCCCCCC#C[C@H](/C=C\[C@@H](C#CCCCCCC/C=C/[C@@H](C#C)OC(=O)[C@](OC)(c1ccccc1)C(F)(F)F)OC(=O)[C@](OC)(c1ccccc1)C(F)(F)F)OC(=O)[C@](OC)(c1ccccc1)C(F)(F)F)OC(=O)[C@](OC)(c1ccccc1)C(F)(F)F. The normalized spacial score (nSPS) is 15.9. The first-order chi connectivity index (χ1) is 44.6. The van der Waals surface area contributed by atoms with Crippen LogP contribution in [0.15, 0.2) is 158 Å². The van der Waals surface area contributed by atoms with Crippen molar-refractivity contribution >= 4 is 23.9 Å². The van der Waals surface area contributed by atoms with E-state index < -0.39 is 118 Å². The van der Waals surface area contributed by atoms with Gasteiger partial charge in [-0.25, -0.2) is 19.2 Å². The number of rotatable bonds is 32. The lowest BCUT2D eigenvalue weighted by molar-refractivity contribution is -0.277. The van der Waals surface area contributed by atoms with Crippen molar-refractivity contribution in [1.82, 2.24) is 0 Å². The van der Waals surface area contributed by atoms with Gasteiger partial charge in [0.05, 0.1) is 0 Å². The van der Waals surface area contributed by atoms with Crippen molar-refractivity contribution in [2.45, 2.75) is 149 Å². The molecule has 12 nitrogen and oxygen atoms in total. The number of carbonyl (C=O) groups excluding carboxylic acids is 4. The summed E-state index contributed by atoms with van der Waals surface area (Å²) in [7, 11) is 2.65. The maximum atomic E-state index is 15.1. The monoisotopic (exact) mass is 1330 g/mol. The summed E-state index contributed by atoms with van der Waals surface area (Å²) in [4.78, 5) is 53.9. The quantitative estimate of drug-likeness (QED) is 0.0115. The van der Waals surface area contributed by atoms with Crippen molar-refractivity contribution < 1.29 is 110 Å².